The van der Waals surface area contributed by atoms with E-state index in [1.807, 2.05) is 17.8 Å². The molecule has 98 valence electrons. The molecule has 0 spiro atoms. The minimum absolute atomic E-state index is 0.345. The Labute approximate surface area is 118 Å². The van der Waals surface area contributed by atoms with Crippen LogP contribution >= 0.6 is 23.1 Å². The van der Waals surface area contributed by atoms with Gasteiger partial charge in [-0.25, -0.2) is 0 Å². The molecule has 2 heterocycles. The maximum absolute atomic E-state index is 12.1. The largest absolute Gasteiger partial charge is 0.293 e. The number of thiophene rings is 1. The predicted molar refractivity (Wildman–Crippen MR) is 81.8 cm³/mol. The lowest BCUT2D eigenvalue weighted by molar-refractivity contribution is 0.0983. The monoisotopic (exact) mass is 280 g/mol. The van der Waals surface area contributed by atoms with Crippen molar-refractivity contribution in [1.29, 1.82) is 0 Å². The van der Waals surface area contributed by atoms with Crippen LogP contribution < -0.4 is 0 Å². The molecule has 0 radical (unpaired) electrons. The van der Waals surface area contributed by atoms with Crippen LogP contribution in [0.4, 0.5) is 0 Å². The molecule has 1 aliphatic heterocycles. The Morgan fingerprint density at radius 1 is 1.39 bits per heavy atom. The van der Waals surface area contributed by atoms with E-state index < -0.39 is 0 Å². The summed E-state index contributed by atoms with van der Waals surface area (Å²) < 4.78 is 0. The average molecular weight is 280 g/mol. The Bertz CT molecular complexity index is 397. The fourth-order valence-corrected chi connectivity index (χ4v) is 4.50. The molecule has 1 nitrogen and oxygen atoms in total. The van der Waals surface area contributed by atoms with E-state index in [0.717, 1.165) is 42.7 Å². The second-order valence-corrected chi connectivity index (χ2v) is 6.91. The Morgan fingerprint density at radius 2 is 2.28 bits per heavy atom. The zero-order valence-corrected chi connectivity index (χ0v) is 12.4. The maximum Gasteiger partial charge on any atom is 0.172 e. The van der Waals surface area contributed by atoms with Crippen LogP contribution in [0.2, 0.25) is 0 Å². The quantitative estimate of drug-likeness (QED) is 0.403. The van der Waals surface area contributed by atoms with E-state index in [2.05, 4.69) is 12.6 Å². The number of rotatable bonds is 7. The number of aryl methyl sites for hydroxylation is 1. The molecule has 0 unspecified atom stereocenters. The van der Waals surface area contributed by atoms with E-state index in [1.165, 1.54) is 16.2 Å². The SMILES string of the molecule is C=CCCCCCC(=O)c1cc2c(s1)CCSC2. The van der Waals surface area contributed by atoms with Gasteiger partial charge < -0.3 is 0 Å². The molecule has 1 aromatic rings. The van der Waals surface area contributed by atoms with Crippen molar-refractivity contribution in [2.24, 2.45) is 0 Å². The summed E-state index contributed by atoms with van der Waals surface area (Å²) in [5, 5.41) is 0. The van der Waals surface area contributed by atoms with Gasteiger partial charge in [-0.2, -0.15) is 11.8 Å². The van der Waals surface area contributed by atoms with E-state index in [0.29, 0.717) is 12.2 Å². The molecule has 0 N–H and O–H groups in total. The van der Waals surface area contributed by atoms with Crippen molar-refractivity contribution in [2.75, 3.05) is 5.75 Å². The molecule has 0 bridgehead atoms. The van der Waals surface area contributed by atoms with Crippen molar-refractivity contribution in [3.8, 4) is 0 Å². The summed E-state index contributed by atoms with van der Waals surface area (Å²) in [5.41, 5.74) is 1.41. The molecular weight excluding hydrogens is 260 g/mol. The van der Waals surface area contributed by atoms with E-state index in [9.17, 15) is 4.79 Å². The van der Waals surface area contributed by atoms with Crippen LogP contribution in [0.5, 0.6) is 0 Å². The van der Waals surface area contributed by atoms with Gasteiger partial charge in [0.1, 0.15) is 0 Å². The molecule has 0 aromatic carbocycles. The van der Waals surface area contributed by atoms with Gasteiger partial charge in [-0.15, -0.1) is 17.9 Å². The number of Topliss-reactive ketones (excluding diaryl/α,β-unsaturated/α-hetero) is 1. The van der Waals surface area contributed by atoms with Crippen molar-refractivity contribution >= 4 is 28.9 Å². The second-order valence-electron chi connectivity index (χ2n) is 4.67. The summed E-state index contributed by atoms with van der Waals surface area (Å²) in [7, 11) is 0. The molecule has 1 aromatic heterocycles. The van der Waals surface area contributed by atoms with E-state index in [1.54, 1.807) is 11.3 Å². The summed E-state index contributed by atoms with van der Waals surface area (Å²) in [6.07, 6.45) is 8.20. The lowest BCUT2D eigenvalue weighted by Crippen LogP contribution is -1.96. The number of fused-ring (bicyclic) bond motifs is 1. The minimum atomic E-state index is 0.345. The lowest BCUT2D eigenvalue weighted by atomic mass is 10.1. The highest BCUT2D eigenvalue weighted by atomic mass is 32.2. The van der Waals surface area contributed by atoms with Gasteiger partial charge in [0, 0.05) is 17.1 Å². The first-order valence-electron chi connectivity index (χ1n) is 6.64. The van der Waals surface area contributed by atoms with Crippen molar-refractivity contribution in [3.63, 3.8) is 0 Å². The molecule has 0 aliphatic carbocycles. The number of allylic oxidation sites excluding steroid dienone is 1. The minimum Gasteiger partial charge on any atom is -0.293 e. The van der Waals surface area contributed by atoms with Crippen molar-refractivity contribution in [3.05, 3.63) is 34.0 Å². The van der Waals surface area contributed by atoms with Crippen molar-refractivity contribution in [1.82, 2.24) is 0 Å². The van der Waals surface area contributed by atoms with Gasteiger partial charge in [0.15, 0.2) is 5.78 Å². The van der Waals surface area contributed by atoms with Gasteiger partial charge in [-0.3, -0.25) is 4.79 Å². The Balaban J connectivity index is 1.81. The molecule has 18 heavy (non-hydrogen) atoms. The molecule has 0 fully saturated rings. The van der Waals surface area contributed by atoms with E-state index >= 15 is 0 Å². The highest BCUT2D eigenvalue weighted by Crippen LogP contribution is 2.32. The first-order valence-corrected chi connectivity index (χ1v) is 8.62. The van der Waals surface area contributed by atoms with Crippen LogP contribution in [0.25, 0.3) is 0 Å². The lowest BCUT2D eigenvalue weighted by Gasteiger charge is -2.08. The number of carbonyl (C=O) groups excluding carboxylic acids is 1. The Morgan fingerprint density at radius 3 is 3.06 bits per heavy atom. The van der Waals surface area contributed by atoms with Gasteiger partial charge in [-0.1, -0.05) is 12.5 Å². The fraction of sp³-hybridized carbons (Fsp3) is 0.533. The first kappa shape index (κ1) is 13.9. The molecule has 3 heteroatoms. The van der Waals surface area contributed by atoms with E-state index in [4.69, 9.17) is 0 Å². The van der Waals surface area contributed by atoms with E-state index in [-0.39, 0.29) is 0 Å². The highest BCUT2D eigenvalue weighted by molar-refractivity contribution is 7.98. The third-order valence-electron chi connectivity index (χ3n) is 3.21. The van der Waals surface area contributed by atoms with Crippen LogP contribution in [0.15, 0.2) is 18.7 Å². The number of thioether (sulfide) groups is 1. The fourth-order valence-electron chi connectivity index (χ4n) is 2.16. The summed E-state index contributed by atoms with van der Waals surface area (Å²) in [4.78, 5) is 14.5. The standard InChI is InChI=1S/C15H20OS2/c1-2-3-4-5-6-7-13(16)15-10-12-11-17-9-8-14(12)18-15/h2,10H,1,3-9,11H2. The number of ketones is 1. The normalized spacial score (nSPS) is 14.2. The third-order valence-corrected chi connectivity index (χ3v) is 5.50. The smallest absolute Gasteiger partial charge is 0.172 e. The Kier molecular flexibility index (Phi) is 5.51. The average Bonchev–Trinajstić information content (AvgIpc) is 2.82. The van der Waals surface area contributed by atoms with Gasteiger partial charge in [0.25, 0.3) is 0 Å². The van der Waals surface area contributed by atoms with Gasteiger partial charge in [0.05, 0.1) is 4.88 Å². The van der Waals surface area contributed by atoms with Crippen LogP contribution in [0, 0.1) is 0 Å². The highest BCUT2D eigenvalue weighted by Gasteiger charge is 2.16. The summed E-state index contributed by atoms with van der Waals surface area (Å²) in [6, 6.07) is 2.14. The van der Waals surface area contributed by atoms with Crippen LogP contribution in [-0.2, 0) is 12.2 Å². The summed E-state index contributed by atoms with van der Waals surface area (Å²) in [6.45, 7) is 3.71. The first-order chi connectivity index (χ1) is 8.81. The predicted octanol–water partition coefficient (Wildman–Crippen LogP) is 4.86. The third kappa shape index (κ3) is 3.72. The number of unbranched alkanes of at least 4 members (excludes halogenated alkanes) is 3. The molecule has 2 rings (SSSR count). The molecule has 0 amide bonds. The van der Waals surface area contributed by atoms with Gasteiger partial charge in [0.2, 0.25) is 0 Å². The van der Waals surface area contributed by atoms with Crippen molar-refractivity contribution in [2.45, 2.75) is 44.3 Å². The number of hydrogen-bond acceptors (Lipinski definition) is 3. The molecule has 0 saturated heterocycles. The molecular formula is C15H20OS2. The van der Waals surface area contributed by atoms with Crippen LogP contribution in [-0.4, -0.2) is 11.5 Å². The second kappa shape index (κ2) is 7.15. The van der Waals surface area contributed by atoms with Gasteiger partial charge >= 0.3 is 0 Å². The van der Waals surface area contributed by atoms with Gasteiger partial charge in [-0.05, 0) is 43.1 Å². The molecule has 0 saturated carbocycles. The molecule has 0 atom stereocenters. The van der Waals surface area contributed by atoms with Crippen LogP contribution in [0.1, 0.15) is 52.2 Å². The Hall–Kier alpha value is -0.540. The summed E-state index contributed by atoms with van der Waals surface area (Å²) >= 11 is 3.71. The zero-order chi connectivity index (χ0) is 12.8. The molecule has 1 aliphatic rings. The number of carbonyl (C=O) groups is 1. The van der Waals surface area contributed by atoms with Crippen molar-refractivity contribution < 1.29 is 4.79 Å². The number of hydrogen-bond donors (Lipinski definition) is 0. The topological polar surface area (TPSA) is 17.1 Å². The summed E-state index contributed by atoms with van der Waals surface area (Å²) in [5.74, 6) is 2.65. The zero-order valence-electron chi connectivity index (χ0n) is 10.7. The maximum atomic E-state index is 12.1. The van der Waals surface area contributed by atoms with Crippen LogP contribution in [0.3, 0.4) is 0 Å².